The second kappa shape index (κ2) is 8.80. The van der Waals surface area contributed by atoms with E-state index in [4.69, 9.17) is 9.26 Å². The van der Waals surface area contributed by atoms with E-state index in [0.29, 0.717) is 31.1 Å². The Balaban J connectivity index is 1.30. The second-order valence-corrected chi connectivity index (χ2v) is 6.89. The Morgan fingerprint density at radius 2 is 1.79 bits per heavy atom. The van der Waals surface area contributed by atoms with Gasteiger partial charge in [-0.2, -0.15) is 4.98 Å². The Morgan fingerprint density at radius 3 is 2.54 bits per heavy atom. The van der Waals surface area contributed by atoms with Crippen LogP contribution in [-0.2, 0) is 16.0 Å². The highest BCUT2D eigenvalue weighted by Crippen LogP contribution is 2.23. The predicted octanol–water partition coefficient (Wildman–Crippen LogP) is 3.63. The first kappa shape index (κ1) is 18.4. The molecule has 1 saturated heterocycles. The molecule has 0 spiro atoms. The summed E-state index contributed by atoms with van der Waals surface area (Å²) < 4.78 is 10.8. The van der Waals surface area contributed by atoms with Crippen LogP contribution in [0.25, 0.3) is 22.5 Å². The second-order valence-electron chi connectivity index (χ2n) is 6.89. The third kappa shape index (κ3) is 4.64. The molecule has 6 nitrogen and oxygen atoms in total. The number of nitrogens with one attached hydrogen (secondary N) is 1. The van der Waals surface area contributed by atoms with Crippen LogP contribution in [0.4, 0.5) is 0 Å². The molecular weight excluding hydrogens is 354 g/mol. The first-order valence-corrected chi connectivity index (χ1v) is 9.65. The third-order valence-corrected chi connectivity index (χ3v) is 4.84. The molecule has 1 N–H and O–H groups in total. The van der Waals surface area contributed by atoms with Crippen LogP contribution in [0, 0.1) is 0 Å². The first-order valence-electron chi connectivity index (χ1n) is 9.65. The van der Waals surface area contributed by atoms with Crippen LogP contribution in [0.2, 0.25) is 0 Å². The minimum absolute atomic E-state index is 0.0255. The summed E-state index contributed by atoms with van der Waals surface area (Å²) in [5.41, 5.74) is 3.19. The van der Waals surface area contributed by atoms with Crippen LogP contribution < -0.4 is 5.32 Å². The zero-order valence-electron chi connectivity index (χ0n) is 15.6. The van der Waals surface area contributed by atoms with Gasteiger partial charge in [0.1, 0.15) is 0 Å². The van der Waals surface area contributed by atoms with Gasteiger partial charge in [-0.1, -0.05) is 59.8 Å². The van der Waals surface area contributed by atoms with E-state index in [-0.39, 0.29) is 12.0 Å². The van der Waals surface area contributed by atoms with Crippen molar-refractivity contribution >= 4 is 5.91 Å². The lowest BCUT2D eigenvalue weighted by atomic mass is 10.0. The number of rotatable bonds is 7. The SMILES string of the molecule is O=C(CCc1nc(-c2ccc(-c3ccccc3)cc2)no1)NC[C@@H]1CCCO1. The minimum atomic E-state index is -0.0255. The molecule has 1 amide bonds. The lowest BCUT2D eigenvalue weighted by Crippen LogP contribution is -2.31. The first-order chi connectivity index (χ1) is 13.8. The summed E-state index contributed by atoms with van der Waals surface area (Å²) in [6.07, 6.45) is 2.97. The van der Waals surface area contributed by atoms with E-state index in [9.17, 15) is 4.79 Å². The van der Waals surface area contributed by atoms with Crippen LogP contribution in [0.3, 0.4) is 0 Å². The number of hydrogen-bond donors (Lipinski definition) is 1. The molecule has 2 heterocycles. The standard InChI is InChI=1S/C22H23N3O3/c26-20(23-15-19-7-4-14-27-19)12-13-21-24-22(25-28-21)18-10-8-17(9-11-18)16-5-2-1-3-6-16/h1-3,5-6,8-11,19H,4,7,12-15H2,(H,23,26)/t19-/m0/s1. The maximum absolute atomic E-state index is 12.0. The number of amides is 1. The van der Waals surface area contributed by atoms with Gasteiger partial charge in [-0.3, -0.25) is 4.79 Å². The summed E-state index contributed by atoms with van der Waals surface area (Å²) in [6.45, 7) is 1.36. The molecule has 1 fully saturated rings. The van der Waals surface area contributed by atoms with E-state index in [1.165, 1.54) is 0 Å². The van der Waals surface area contributed by atoms with Crippen LogP contribution in [0.15, 0.2) is 59.1 Å². The molecule has 28 heavy (non-hydrogen) atoms. The average Bonchev–Trinajstić information content (AvgIpc) is 3.44. The van der Waals surface area contributed by atoms with Gasteiger partial charge < -0.3 is 14.6 Å². The molecule has 1 atom stereocenters. The fourth-order valence-electron chi connectivity index (χ4n) is 3.26. The number of carbonyl (C=O) groups is 1. The van der Waals surface area contributed by atoms with Crippen LogP contribution in [0.1, 0.15) is 25.2 Å². The Kier molecular flexibility index (Phi) is 5.77. The maximum Gasteiger partial charge on any atom is 0.227 e. The van der Waals surface area contributed by atoms with Crippen molar-refractivity contribution in [3.8, 4) is 22.5 Å². The summed E-state index contributed by atoms with van der Waals surface area (Å²) in [7, 11) is 0. The van der Waals surface area contributed by atoms with E-state index in [1.807, 2.05) is 42.5 Å². The van der Waals surface area contributed by atoms with E-state index in [0.717, 1.165) is 36.1 Å². The zero-order chi connectivity index (χ0) is 19.2. The summed E-state index contributed by atoms with van der Waals surface area (Å²) in [4.78, 5) is 16.4. The number of ether oxygens (including phenoxy) is 1. The van der Waals surface area contributed by atoms with E-state index >= 15 is 0 Å². The number of aryl methyl sites for hydroxylation is 1. The molecule has 144 valence electrons. The molecule has 0 radical (unpaired) electrons. The molecule has 1 aliphatic heterocycles. The van der Waals surface area contributed by atoms with E-state index in [1.54, 1.807) is 0 Å². The van der Waals surface area contributed by atoms with Crippen molar-refractivity contribution in [2.75, 3.05) is 13.2 Å². The summed E-state index contributed by atoms with van der Waals surface area (Å²) in [6, 6.07) is 18.2. The Labute approximate surface area is 163 Å². The Bertz CT molecular complexity index is 900. The molecule has 0 bridgehead atoms. The predicted molar refractivity (Wildman–Crippen MR) is 105 cm³/mol. The number of hydrogen-bond acceptors (Lipinski definition) is 5. The molecule has 0 aliphatic carbocycles. The van der Waals surface area contributed by atoms with Crippen LogP contribution in [0.5, 0.6) is 0 Å². The third-order valence-electron chi connectivity index (χ3n) is 4.84. The molecule has 0 unspecified atom stereocenters. The van der Waals surface area contributed by atoms with Gasteiger partial charge in [-0.15, -0.1) is 0 Å². The average molecular weight is 377 g/mol. The number of carbonyl (C=O) groups excluding carboxylic acids is 1. The van der Waals surface area contributed by atoms with Gasteiger partial charge in [-0.05, 0) is 24.0 Å². The topological polar surface area (TPSA) is 77.2 Å². The van der Waals surface area contributed by atoms with Gasteiger partial charge in [0.05, 0.1) is 6.10 Å². The highest BCUT2D eigenvalue weighted by atomic mass is 16.5. The van der Waals surface area contributed by atoms with Crippen LogP contribution in [-0.4, -0.2) is 35.3 Å². The van der Waals surface area contributed by atoms with Gasteiger partial charge in [-0.25, -0.2) is 0 Å². The summed E-state index contributed by atoms with van der Waals surface area (Å²) >= 11 is 0. The molecule has 1 aliphatic rings. The van der Waals surface area contributed by atoms with Gasteiger partial charge in [0.25, 0.3) is 0 Å². The molecular formula is C22H23N3O3. The van der Waals surface area contributed by atoms with Gasteiger partial charge in [0.2, 0.25) is 17.6 Å². The molecule has 6 heteroatoms. The van der Waals surface area contributed by atoms with E-state index in [2.05, 4.69) is 27.6 Å². The highest BCUT2D eigenvalue weighted by molar-refractivity contribution is 5.76. The van der Waals surface area contributed by atoms with Crippen molar-refractivity contribution in [2.45, 2.75) is 31.8 Å². The van der Waals surface area contributed by atoms with Crippen LogP contribution >= 0.6 is 0 Å². The number of aromatic nitrogens is 2. The fourth-order valence-corrected chi connectivity index (χ4v) is 3.26. The number of nitrogens with zero attached hydrogens (tertiary/aromatic N) is 2. The minimum Gasteiger partial charge on any atom is -0.376 e. The Morgan fingerprint density at radius 1 is 1.04 bits per heavy atom. The normalized spacial score (nSPS) is 16.2. The lowest BCUT2D eigenvalue weighted by Gasteiger charge is -2.09. The van der Waals surface area contributed by atoms with Gasteiger partial charge in [0, 0.05) is 31.6 Å². The quantitative estimate of drug-likeness (QED) is 0.680. The largest absolute Gasteiger partial charge is 0.376 e. The smallest absolute Gasteiger partial charge is 0.227 e. The molecule has 1 aromatic heterocycles. The summed E-state index contributed by atoms with van der Waals surface area (Å²) in [5, 5.41) is 6.94. The van der Waals surface area contributed by atoms with Gasteiger partial charge >= 0.3 is 0 Å². The molecule has 0 saturated carbocycles. The fraction of sp³-hybridized carbons (Fsp3) is 0.318. The number of benzene rings is 2. The van der Waals surface area contributed by atoms with Crippen molar-refractivity contribution in [2.24, 2.45) is 0 Å². The molecule has 2 aromatic carbocycles. The molecule has 4 rings (SSSR count). The van der Waals surface area contributed by atoms with Crippen molar-refractivity contribution in [3.63, 3.8) is 0 Å². The zero-order valence-corrected chi connectivity index (χ0v) is 15.6. The van der Waals surface area contributed by atoms with Crippen molar-refractivity contribution in [1.82, 2.24) is 15.5 Å². The van der Waals surface area contributed by atoms with E-state index < -0.39 is 0 Å². The maximum atomic E-state index is 12.0. The van der Waals surface area contributed by atoms with Gasteiger partial charge in [0.15, 0.2) is 0 Å². The Hall–Kier alpha value is -2.99. The summed E-state index contributed by atoms with van der Waals surface area (Å²) in [5.74, 6) is 0.978. The van der Waals surface area contributed by atoms with Crippen molar-refractivity contribution in [3.05, 3.63) is 60.5 Å². The molecule has 3 aromatic rings. The van der Waals surface area contributed by atoms with Crippen molar-refractivity contribution < 1.29 is 14.1 Å². The monoisotopic (exact) mass is 377 g/mol. The lowest BCUT2D eigenvalue weighted by molar-refractivity contribution is -0.121. The highest BCUT2D eigenvalue weighted by Gasteiger charge is 2.16. The van der Waals surface area contributed by atoms with Crippen molar-refractivity contribution in [1.29, 1.82) is 0 Å².